The largest absolute Gasteiger partial charge is 0.459 e. The zero-order valence-corrected chi connectivity index (χ0v) is 14.0. The third-order valence-corrected chi connectivity index (χ3v) is 5.15. The lowest BCUT2D eigenvalue weighted by atomic mass is 10.1. The Hall–Kier alpha value is -2.05. The summed E-state index contributed by atoms with van der Waals surface area (Å²) in [7, 11) is -3.27. The maximum Gasteiger partial charge on any atom is 0.371 e. The Kier molecular flexibility index (Phi) is 4.04. The highest BCUT2D eigenvalue weighted by Gasteiger charge is 2.27. The van der Waals surface area contributed by atoms with Crippen molar-refractivity contribution in [3.8, 4) is 0 Å². The summed E-state index contributed by atoms with van der Waals surface area (Å²) in [5, 5.41) is 10.9. The van der Waals surface area contributed by atoms with Crippen molar-refractivity contribution in [1.82, 2.24) is 0 Å². The molecule has 1 heterocycles. The molecule has 0 saturated carbocycles. The van der Waals surface area contributed by atoms with E-state index in [2.05, 4.69) is 4.99 Å². The van der Waals surface area contributed by atoms with Crippen LogP contribution in [0.15, 0.2) is 42.5 Å². The third-order valence-electron chi connectivity index (χ3n) is 3.71. The monoisotopic (exact) mass is 351 g/mol. The first-order chi connectivity index (χ1) is 10.8. The first-order valence-electron chi connectivity index (χ1n) is 7.04. The number of nitrogens with zero attached hydrogens (tertiary/aromatic N) is 1. The van der Waals surface area contributed by atoms with E-state index in [-0.39, 0.29) is 5.90 Å². The minimum Gasteiger partial charge on any atom is -0.459 e. The van der Waals surface area contributed by atoms with Crippen LogP contribution in [0.2, 0.25) is 5.02 Å². The summed E-state index contributed by atoms with van der Waals surface area (Å²) in [4.78, 5) is 2.90. The second-order valence-electron chi connectivity index (χ2n) is 5.41. The van der Waals surface area contributed by atoms with Gasteiger partial charge in [0.1, 0.15) is 0 Å². The summed E-state index contributed by atoms with van der Waals surface area (Å²) in [5.41, 5.74) is 2.90. The van der Waals surface area contributed by atoms with Crippen molar-refractivity contribution in [3.63, 3.8) is 0 Å². The Labute approximate surface area is 139 Å². The molecule has 2 aromatic rings. The number of halogens is 1. The average molecular weight is 352 g/mol. The number of anilines is 1. The van der Waals surface area contributed by atoms with Crippen molar-refractivity contribution in [2.45, 2.75) is 6.42 Å². The second-order valence-corrected chi connectivity index (χ2v) is 7.75. The molecule has 7 heteroatoms. The molecule has 2 aromatic carbocycles. The number of aliphatic hydroxyl groups is 1. The van der Waals surface area contributed by atoms with Crippen molar-refractivity contribution in [1.29, 1.82) is 0 Å². The molecule has 0 spiro atoms. The summed E-state index contributed by atoms with van der Waals surface area (Å²) < 4.78 is 24.8. The average Bonchev–Trinajstić information content (AvgIpc) is 2.92. The lowest BCUT2D eigenvalue weighted by Gasteiger charge is -2.16. The maximum absolute atomic E-state index is 11.7. The van der Waals surface area contributed by atoms with Crippen LogP contribution in [-0.4, -0.2) is 32.2 Å². The van der Waals surface area contributed by atoms with Crippen molar-refractivity contribution in [3.05, 3.63) is 58.6 Å². The van der Waals surface area contributed by atoms with Gasteiger partial charge >= 0.3 is 5.90 Å². The van der Waals surface area contributed by atoms with Crippen molar-refractivity contribution in [2.24, 2.45) is 0 Å². The van der Waals surface area contributed by atoms with E-state index in [1.165, 1.54) is 10.6 Å². The van der Waals surface area contributed by atoms with Crippen LogP contribution in [0, 0.1) is 0 Å². The van der Waals surface area contributed by atoms with Gasteiger partial charge in [0.15, 0.2) is 0 Å². The summed E-state index contributed by atoms with van der Waals surface area (Å²) >= 11 is 5.83. The van der Waals surface area contributed by atoms with E-state index >= 15 is 0 Å². The number of hydrogen-bond donors (Lipinski definition) is 2. The number of fused-ring (bicyclic) bond motifs is 1. The van der Waals surface area contributed by atoms with Crippen LogP contribution in [0.3, 0.4) is 0 Å². The predicted octanol–water partition coefficient (Wildman–Crippen LogP) is 1.38. The van der Waals surface area contributed by atoms with E-state index in [9.17, 15) is 13.5 Å². The lowest BCUT2D eigenvalue weighted by Crippen LogP contribution is -2.66. The van der Waals surface area contributed by atoms with Crippen LogP contribution in [0.25, 0.3) is 0 Å². The Bertz CT molecular complexity index is 877. The Morgan fingerprint density at radius 3 is 2.57 bits per heavy atom. The fourth-order valence-corrected chi connectivity index (χ4v) is 3.69. The van der Waals surface area contributed by atoms with Gasteiger partial charge in [-0.2, -0.15) is 4.99 Å². The summed E-state index contributed by atoms with van der Waals surface area (Å²) in [6.07, 6.45) is 1.83. The molecule has 2 N–H and O–H groups in total. The SMILES string of the molecule is CS(=O)(=O)N1CCc2cc(C(O)=[NH+]c3ccc(Cl)cc3)ccc21. The van der Waals surface area contributed by atoms with Gasteiger partial charge in [-0.05, 0) is 42.3 Å². The van der Waals surface area contributed by atoms with Gasteiger partial charge in [0.2, 0.25) is 15.7 Å². The van der Waals surface area contributed by atoms with E-state index in [0.717, 1.165) is 5.56 Å². The van der Waals surface area contributed by atoms with Gasteiger partial charge < -0.3 is 5.11 Å². The molecular formula is C16H16ClN2O3S+. The van der Waals surface area contributed by atoms with Gasteiger partial charge in [0, 0.05) is 23.7 Å². The Morgan fingerprint density at radius 1 is 1.22 bits per heavy atom. The second kappa shape index (κ2) is 5.86. The van der Waals surface area contributed by atoms with Crippen LogP contribution in [0.4, 0.5) is 11.4 Å². The number of sulfonamides is 1. The van der Waals surface area contributed by atoms with Gasteiger partial charge in [-0.1, -0.05) is 11.6 Å². The smallest absolute Gasteiger partial charge is 0.371 e. The molecule has 0 bridgehead atoms. The standard InChI is InChI=1S/C16H15ClN2O3S/c1-23(21,22)19-9-8-11-10-12(2-7-15(11)19)16(20)18-14-5-3-13(17)4-6-14/h2-7,10H,8-9H2,1H3,(H,18,20)/p+1. The van der Waals surface area contributed by atoms with Gasteiger partial charge in [0.05, 0.1) is 17.5 Å². The summed E-state index contributed by atoms with van der Waals surface area (Å²) in [6, 6.07) is 12.2. The van der Waals surface area contributed by atoms with Gasteiger partial charge in [-0.15, -0.1) is 0 Å². The molecule has 1 aliphatic heterocycles. The number of rotatable bonds is 3. The van der Waals surface area contributed by atoms with Gasteiger partial charge in [-0.25, -0.2) is 8.42 Å². The first kappa shape index (κ1) is 15.8. The summed E-state index contributed by atoms with van der Waals surface area (Å²) in [5.74, 6) is 0.00734. The lowest BCUT2D eigenvalue weighted by molar-refractivity contribution is -0.364. The molecule has 0 saturated heterocycles. The molecule has 23 heavy (non-hydrogen) atoms. The van der Waals surface area contributed by atoms with E-state index in [1.807, 2.05) is 0 Å². The van der Waals surface area contributed by atoms with Crippen LogP contribution >= 0.6 is 11.6 Å². The van der Waals surface area contributed by atoms with Crippen molar-refractivity contribution >= 4 is 38.9 Å². The predicted molar refractivity (Wildman–Crippen MR) is 91.1 cm³/mol. The molecule has 0 aromatic heterocycles. The zero-order chi connectivity index (χ0) is 16.6. The normalized spacial score (nSPS) is 14.9. The minimum atomic E-state index is -3.27. The van der Waals surface area contributed by atoms with Crippen molar-refractivity contribution in [2.75, 3.05) is 17.1 Å². The molecule has 0 atom stereocenters. The molecule has 0 unspecified atom stereocenters. The topological polar surface area (TPSA) is 71.6 Å². The van der Waals surface area contributed by atoms with Gasteiger partial charge in [0.25, 0.3) is 0 Å². The fourth-order valence-electron chi connectivity index (χ4n) is 2.61. The Morgan fingerprint density at radius 2 is 1.91 bits per heavy atom. The van der Waals surface area contributed by atoms with E-state index in [4.69, 9.17) is 11.6 Å². The van der Waals surface area contributed by atoms with E-state index in [1.54, 1.807) is 42.5 Å². The molecule has 0 fully saturated rings. The number of benzene rings is 2. The summed E-state index contributed by atoms with van der Waals surface area (Å²) in [6.45, 7) is 0.434. The highest BCUT2D eigenvalue weighted by atomic mass is 35.5. The molecule has 0 aliphatic carbocycles. The maximum atomic E-state index is 11.7. The number of aliphatic hydroxyl groups excluding tert-OH is 1. The highest BCUT2D eigenvalue weighted by Crippen LogP contribution is 2.30. The molecule has 1 aliphatic rings. The van der Waals surface area contributed by atoms with Gasteiger partial charge in [-0.3, -0.25) is 4.31 Å². The number of nitrogens with one attached hydrogen (secondary N) is 1. The minimum absolute atomic E-state index is 0.00734. The van der Waals surface area contributed by atoms with Crippen LogP contribution in [-0.2, 0) is 16.4 Å². The molecule has 3 rings (SSSR count). The molecule has 0 amide bonds. The number of hydrogen-bond acceptors (Lipinski definition) is 2. The van der Waals surface area contributed by atoms with Crippen LogP contribution in [0.1, 0.15) is 11.1 Å². The first-order valence-corrected chi connectivity index (χ1v) is 9.27. The van der Waals surface area contributed by atoms with E-state index in [0.29, 0.717) is 34.9 Å². The fraction of sp³-hybridized carbons (Fsp3) is 0.188. The molecular weight excluding hydrogens is 336 g/mol. The zero-order valence-electron chi connectivity index (χ0n) is 12.5. The molecule has 120 valence electrons. The third kappa shape index (κ3) is 3.33. The van der Waals surface area contributed by atoms with Crippen LogP contribution < -0.4 is 9.30 Å². The quantitative estimate of drug-likeness (QED) is 0.648. The molecule has 5 nitrogen and oxygen atoms in total. The van der Waals surface area contributed by atoms with Crippen molar-refractivity contribution < 1.29 is 18.5 Å². The Balaban J connectivity index is 1.92. The van der Waals surface area contributed by atoms with Crippen LogP contribution in [0.5, 0.6) is 0 Å². The molecule has 0 radical (unpaired) electrons. The van der Waals surface area contributed by atoms with E-state index < -0.39 is 10.0 Å². The highest BCUT2D eigenvalue weighted by molar-refractivity contribution is 7.92.